The quantitative estimate of drug-likeness (QED) is 0.775. The van der Waals surface area contributed by atoms with E-state index >= 15 is 0 Å². The Balaban J connectivity index is 2.40. The molecule has 0 saturated heterocycles. The maximum atomic E-state index is 12.6. The number of ether oxygens (including phenoxy) is 1. The summed E-state index contributed by atoms with van der Waals surface area (Å²) in [6.07, 6.45) is 0. The van der Waals surface area contributed by atoms with Crippen LogP contribution in [-0.2, 0) is 0 Å². The molecule has 4 heteroatoms. The molecule has 20 heavy (non-hydrogen) atoms. The van der Waals surface area contributed by atoms with Gasteiger partial charge in [-0.05, 0) is 29.8 Å². The van der Waals surface area contributed by atoms with Gasteiger partial charge in [0.1, 0.15) is 16.9 Å². The van der Waals surface area contributed by atoms with Gasteiger partial charge in [-0.1, -0.05) is 24.3 Å². The first-order valence-corrected chi connectivity index (χ1v) is 6.10. The van der Waals surface area contributed by atoms with Crippen LogP contribution in [0.3, 0.4) is 0 Å². The first-order chi connectivity index (χ1) is 9.70. The van der Waals surface area contributed by atoms with E-state index in [1.54, 1.807) is 42.5 Å². The van der Waals surface area contributed by atoms with Crippen LogP contribution in [0.5, 0.6) is 11.7 Å². The Kier molecular flexibility index (Phi) is 2.91. The minimum Gasteiger partial charge on any atom is -0.508 e. The van der Waals surface area contributed by atoms with Gasteiger partial charge in [-0.15, -0.1) is 0 Å². The fourth-order valence-corrected chi connectivity index (χ4v) is 2.18. The predicted octanol–water partition coefficient (Wildman–Crippen LogP) is 3.17. The normalized spacial score (nSPS) is 10.7. The molecule has 0 amide bonds. The van der Waals surface area contributed by atoms with E-state index in [1.807, 2.05) is 0 Å². The molecule has 3 rings (SSSR count). The summed E-state index contributed by atoms with van der Waals surface area (Å²) in [7, 11) is 1.44. The molecule has 4 nitrogen and oxygen atoms in total. The summed E-state index contributed by atoms with van der Waals surface area (Å²) in [4.78, 5) is 12.6. The largest absolute Gasteiger partial charge is 0.508 e. The SMILES string of the molecule is COc1oc2ccccc2c(=O)c1-c1cccc(O)c1. The number of hydrogen-bond acceptors (Lipinski definition) is 4. The molecule has 0 bridgehead atoms. The Morgan fingerprint density at radius 2 is 1.90 bits per heavy atom. The van der Waals surface area contributed by atoms with E-state index in [4.69, 9.17) is 9.15 Å². The average molecular weight is 268 g/mol. The Morgan fingerprint density at radius 1 is 1.10 bits per heavy atom. The summed E-state index contributed by atoms with van der Waals surface area (Å²) in [6, 6.07) is 13.4. The van der Waals surface area contributed by atoms with Crippen LogP contribution in [0.25, 0.3) is 22.1 Å². The first-order valence-electron chi connectivity index (χ1n) is 6.10. The lowest BCUT2D eigenvalue weighted by Crippen LogP contribution is -2.07. The molecule has 1 aromatic heterocycles. The Labute approximate surface area is 114 Å². The Morgan fingerprint density at radius 3 is 2.65 bits per heavy atom. The molecule has 0 aliphatic rings. The van der Waals surface area contributed by atoms with Crippen molar-refractivity contribution in [1.82, 2.24) is 0 Å². The number of methoxy groups -OCH3 is 1. The summed E-state index contributed by atoms with van der Waals surface area (Å²) < 4.78 is 10.8. The molecule has 1 N–H and O–H groups in total. The lowest BCUT2D eigenvalue weighted by molar-refractivity contribution is 0.312. The van der Waals surface area contributed by atoms with Crippen molar-refractivity contribution >= 4 is 11.0 Å². The third kappa shape index (κ3) is 1.91. The first kappa shape index (κ1) is 12.3. The molecule has 0 unspecified atom stereocenters. The third-order valence-corrected chi connectivity index (χ3v) is 3.09. The second-order valence-electron chi connectivity index (χ2n) is 4.34. The molecule has 0 atom stereocenters. The zero-order chi connectivity index (χ0) is 14.1. The van der Waals surface area contributed by atoms with Crippen molar-refractivity contribution in [2.24, 2.45) is 0 Å². The molecule has 0 saturated carbocycles. The van der Waals surface area contributed by atoms with Gasteiger partial charge in [-0.3, -0.25) is 4.79 Å². The van der Waals surface area contributed by atoms with Gasteiger partial charge >= 0.3 is 0 Å². The molecule has 1 heterocycles. The number of phenols is 1. The van der Waals surface area contributed by atoms with E-state index in [1.165, 1.54) is 13.2 Å². The van der Waals surface area contributed by atoms with E-state index in [0.717, 1.165) is 0 Å². The number of fused-ring (bicyclic) bond motifs is 1. The van der Waals surface area contributed by atoms with Crippen LogP contribution in [-0.4, -0.2) is 12.2 Å². The maximum Gasteiger partial charge on any atom is 0.296 e. The number of benzene rings is 2. The zero-order valence-corrected chi connectivity index (χ0v) is 10.8. The van der Waals surface area contributed by atoms with Gasteiger partial charge in [-0.2, -0.15) is 0 Å². The molecule has 0 aliphatic carbocycles. The highest BCUT2D eigenvalue weighted by atomic mass is 16.6. The van der Waals surface area contributed by atoms with E-state index in [0.29, 0.717) is 22.1 Å². The highest BCUT2D eigenvalue weighted by Gasteiger charge is 2.17. The van der Waals surface area contributed by atoms with Crippen LogP contribution >= 0.6 is 0 Å². The second-order valence-corrected chi connectivity index (χ2v) is 4.34. The Hall–Kier alpha value is -2.75. The van der Waals surface area contributed by atoms with Crippen molar-refractivity contribution in [1.29, 1.82) is 0 Å². The molecular weight excluding hydrogens is 256 g/mol. The number of rotatable bonds is 2. The van der Waals surface area contributed by atoms with Gasteiger partial charge in [-0.25, -0.2) is 0 Å². The van der Waals surface area contributed by atoms with Crippen molar-refractivity contribution in [2.45, 2.75) is 0 Å². The minimum absolute atomic E-state index is 0.0807. The second kappa shape index (κ2) is 4.74. The van der Waals surface area contributed by atoms with E-state index in [2.05, 4.69) is 0 Å². The molecule has 0 radical (unpaired) electrons. The standard InChI is InChI=1S/C16H12O4/c1-19-16-14(10-5-4-6-11(17)9-10)15(18)12-7-2-3-8-13(12)20-16/h2-9,17H,1H3. The number of aromatic hydroxyl groups is 1. The molecule has 0 aliphatic heterocycles. The molecule has 100 valence electrons. The Bertz CT molecular complexity index is 833. The van der Waals surface area contributed by atoms with Crippen molar-refractivity contribution in [3.05, 3.63) is 58.8 Å². The van der Waals surface area contributed by atoms with E-state index < -0.39 is 0 Å². The highest BCUT2D eigenvalue weighted by molar-refractivity contribution is 5.84. The van der Waals surface area contributed by atoms with E-state index in [-0.39, 0.29) is 17.1 Å². The van der Waals surface area contributed by atoms with Crippen LogP contribution < -0.4 is 10.2 Å². The topological polar surface area (TPSA) is 59.7 Å². The van der Waals surface area contributed by atoms with Crippen LogP contribution in [0, 0.1) is 0 Å². The maximum absolute atomic E-state index is 12.6. The van der Waals surface area contributed by atoms with Crippen molar-refractivity contribution in [3.8, 4) is 22.8 Å². The monoisotopic (exact) mass is 268 g/mol. The predicted molar refractivity (Wildman–Crippen MR) is 76.1 cm³/mol. The third-order valence-electron chi connectivity index (χ3n) is 3.09. The van der Waals surface area contributed by atoms with Crippen LogP contribution in [0.1, 0.15) is 0 Å². The molecule has 0 fully saturated rings. The molecular formula is C16H12O4. The van der Waals surface area contributed by atoms with E-state index in [9.17, 15) is 9.90 Å². The van der Waals surface area contributed by atoms with Gasteiger partial charge < -0.3 is 14.3 Å². The summed E-state index contributed by atoms with van der Waals surface area (Å²) in [5.74, 6) is 0.219. The fraction of sp³-hybridized carbons (Fsp3) is 0.0625. The molecule has 2 aromatic carbocycles. The van der Waals surface area contributed by atoms with Crippen molar-refractivity contribution in [3.63, 3.8) is 0 Å². The number of hydrogen-bond donors (Lipinski definition) is 1. The van der Waals surface area contributed by atoms with Gasteiger partial charge in [0, 0.05) is 0 Å². The van der Waals surface area contributed by atoms with Crippen molar-refractivity contribution in [2.75, 3.05) is 7.11 Å². The summed E-state index contributed by atoms with van der Waals surface area (Å²) in [5, 5.41) is 10.0. The number of para-hydroxylation sites is 1. The molecule has 0 spiro atoms. The van der Waals surface area contributed by atoms with Gasteiger partial charge in [0.25, 0.3) is 5.95 Å². The average Bonchev–Trinajstić information content (AvgIpc) is 2.47. The summed E-state index contributed by atoms with van der Waals surface area (Å²) >= 11 is 0. The van der Waals surface area contributed by atoms with Gasteiger partial charge in [0.05, 0.1) is 12.5 Å². The minimum atomic E-state index is -0.186. The molecule has 3 aromatic rings. The smallest absolute Gasteiger partial charge is 0.296 e. The lowest BCUT2D eigenvalue weighted by atomic mass is 10.0. The zero-order valence-electron chi connectivity index (χ0n) is 10.8. The van der Waals surface area contributed by atoms with Crippen LogP contribution in [0.2, 0.25) is 0 Å². The van der Waals surface area contributed by atoms with Crippen molar-refractivity contribution < 1.29 is 14.3 Å². The van der Waals surface area contributed by atoms with Crippen LogP contribution in [0.4, 0.5) is 0 Å². The summed E-state index contributed by atoms with van der Waals surface area (Å²) in [5.41, 5.74) is 1.15. The fourth-order valence-electron chi connectivity index (χ4n) is 2.18. The van der Waals surface area contributed by atoms with Gasteiger partial charge in [0.2, 0.25) is 5.43 Å². The highest BCUT2D eigenvalue weighted by Crippen LogP contribution is 2.31. The van der Waals surface area contributed by atoms with Crippen LogP contribution in [0.15, 0.2) is 57.7 Å². The summed E-state index contributed by atoms with van der Waals surface area (Å²) in [6.45, 7) is 0. The van der Waals surface area contributed by atoms with Gasteiger partial charge in [0.15, 0.2) is 0 Å². The number of phenolic OH excluding ortho intramolecular Hbond substituents is 1. The lowest BCUT2D eigenvalue weighted by Gasteiger charge is -2.08.